The number of hydrogen-bond acceptors (Lipinski definition) is 1. The Bertz CT molecular complexity index is 642. The van der Waals surface area contributed by atoms with E-state index in [2.05, 4.69) is 75.9 Å². The van der Waals surface area contributed by atoms with E-state index >= 15 is 0 Å². The molecule has 0 aliphatic rings. The van der Waals surface area contributed by atoms with E-state index < -0.39 is 8.32 Å². The Balaban J connectivity index is 2.38. The molecule has 0 aliphatic heterocycles. The van der Waals surface area contributed by atoms with Crippen molar-refractivity contribution in [2.45, 2.75) is 45.3 Å². The summed E-state index contributed by atoms with van der Waals surface area (Å²) < 4.78 is 9.53. The fourth-order valence-electron chi connectivity index (χ4n) is 2.90. The Morgan fingerprint density at radius 2 is 1.62 bits per heavy atom. The minimum absolute atomic E-state index is 0.299. The monoisotopic (exact) mass is 404 g/mol. The van der Waals surface area contributed by atoms with Crippen LogP contribution in [0, 0.1) is 0 Å². The molecule has 0 radical (unpaired) electrons. The van der Waals surface area contributed by atoms with Gasteiger partial charge in [-0.25, -0.2) is 0 Å². The molecule has 2 rings (SSSR count). The van der Waals surface area contributed by atoms with E-state index in [-0.39, 0.29) is 0 Å². The van der Waals surface area contributed by atoms with Crippen molar-refractivity contribution < 1.29 is 4.43 Å². The van der Waals surface area contributed by atoms with Crippen LogP contribution in [0.4, 0.5) is 0 Å². The van der Waals surface area contributed by atoms with Crippen LogP contribution in [-0.2, 0) is 6.42 Å². The Morgan fingerprint density at radius 3 is 2.21 bits per heavy atom. The quantitative estimate of drug-likeness (QED) is 0.444. The fourth-order valence-corrected chi connectivity index (χ4v) is 7.59. The molecule has 0 fully saturated rings. The molecule has 0 unspecified atom stereocenters. The average molecular weight is 404 g/mol. The van der Waals surface area contributed by atoms with E-state index in [1.807, 2.05) is 6.08 Å². The van der Waals surface area contributed by atoms with Gasteiger partial charge in [-0.1, -0.05) is 0 Å². The van der Waals surface area contributed by atoms with E-state index in [0.29, 0.717) is 15.0 Å². The van der Waals surface area contributed by atoms with Gasteiger partial charge in [-0.2, -0.15) is 0 Å². The predicted octanol–water partition coefficient (Wildman–Crippen LogP) is 4.45. The van der Waals surface area contributed by atoms with Gasteiger partial charge in [0.05, 0.1) is 0 Å². The van der Waals surface area contributed by atoms with Crippen LogP contribution in [0.1, 0.15) is 26.3 Å². The van der Waals surface area contributed by atoms with Crippen molar-refractivity contribution in [2.75, 3.05) is 0 Å². The molecule has 0 N–H and O–H groups in total. The first-order chi connectivity index (χ1) is 11.7. The molecule has 1 nitrogen and oxygen atoms in total. The molecule has 24 heavy (non-hydrogen) atoms. The van der Waals surface area contributed by atoms with Gasteiger partial charge in [0, 0.05) is 0 Å². The van der Waals surface area contributed by atoms with Crippen molar-refractivity contribution in [3.8, 4) is 5.75 Å². The van der Waals surface area contributed by atoms with Gasteiger partial charge in [0.1, 0.15) is 0 Å². The van der Waals surface area contributed by atoms with Crippen LogP contribution in [0.15, 0.2) is 61.2 Å². The second-order valence-electron chi connectivity index (χ2n) is 5.99. The molecule has 2 aromatic carbocycles. The predicted molar refractivity (Wildman–Crippen MR) is 110 cm³/mol. The summed E-state index contributed by atoms with van der Waals surface area (Å²) in [5.41, 5.74) is 1.34. The number of benzene rings is 2. The third-order valence-corrected chi connectivity index (χ3v) is 11.5. The van der Waals surface area contributed by atoms with E-state index in [1.165, 1.54) is 32.6 Å². The molecular formula is C21H28OSeSi. The van der Waals surface area contributed by atoms with Gasteiger partial charge in [-0.3, -0.25) is 0 Å². The Hall–Kier alpha value is -1.28. The summed E-state index contributed by atoms with van der Waals surface area (Å²) in [6.45, 7) is 10.8. The van der Waals surface area contributed by atoms with Crippen molar-refractivity contribution in [2.24, 2.45) is 0 Å². The maximum absolute atomic E-state index is 6.71. The summed E-state index contributed by atoms with van der Waals surface area (Å²) in [6.07, 6.45) is 2.88. The Morgan fingerprint density at radius 1 is 0.958 bits per heavy atom. The molecule has 2 aromatic rings. The van der Waals surface area contributed by atoms with Gasteiger partial charge < -0.3 is 0 Å². The number of rotatable bonds is 9. The summed E-state index contributed by atoms with van der Waals surface area (Å²) >= 11 is 0.299. The third-order valence-electron chi connectivity index (χ3n) is 4.67. The van der Waals surface area contributed by atoms with Gasteiger partial charge in [0.25, 0.3) is 0 Å². The van der Waals surface area contributed by atoms with Crippen molar-refractivity contribution in [1.29, 1.82) is 0 Å². The van der Waals surface area contributed by atoms with E-state index in [0.717, 1.165) is 12.2 Å². The summed E-state index contributed by atoms with van der Waals surface area (Å²) in [5.74, 6) is 1.10. The molecule has 0 atom stereocenters. The van der Waals surface area contributed by atoms with Gasteiger partial charge >= 0.3 is 154 Å². The van der Waals surface area contributed by atoms with E-state index in [9.17, 15) is 0 Å². The second kappa shape index (κ2) is 9.27. The zero-order valence-corrected chi connectivity index (χ0v) is 17.8. The van der Waals surface area contributed by atoms with Crippen LogP contribution >= 0.6 is 0 Å². The summed E-state index contributed by atoms with van der Waals surface area (Å²) in [6, 6.07) is 20.8. The van der Waals surface area contributed by atoms with E-state index in [1.54, 1.807) is 0 Å². The first-order valence-electron chi connectivity index (χ1n) is 8.82. The molecular weight excluding hydrogens is 375 g/mol. The van der Waals surface area contributed by atoms with Gasteiger partial charge in [0.15, 0.2) is 0 Å². The first-order valence-corrected chi connectivity index (χ1v) is 13.1. The van der Waals surface area contributed by atoms with Crippen LogP contribution in [0.3, 0.4) is 0 Å². The molecule has 0 heterocycles. The third kappa shape index (κ3) is 4.63. The van der Waals surface area contributed by atoms with Crippen LogP contribution in [0.5, 0.6) is 5.75 Å². The molecule has 0 aromatic heterocycles. The molecule has 0 bridgehead atoms. The van der Waals surface area contributed by atoms with Crippen molar-refractivity contribution in [1.82, 2.24) is 0 Å². The molecule has 3 heteroatoms. The molecule has 0 saturated heterocycles. The number of allylic oxidation sites excluding steroid dienone is 1. The zero-order chi connectivity index (χ0) is 17.4. The van der Waals surface area contributed by atoms with Crippen LogP contribution < -0.4 is 13.3 Å². The SMILES string of the molecule is C=CCc1c(O[Si](CC)(CC)CC)cccc1[Se]c1ccccc1. The zero-order valence-electron chi connectivity index (χ0n) is 15.0. The molecule has 128 valence electrons. The molecule has 0 spiro atoms. The summed E-state index contributed by atoms with van der Waals surface area (Å²) in [4.78, 5) is 0. The van der Waals surface area contributed by atoms with Gasteiger partial charge in [0.2, 0.25) is 0 Å². The topological polar surface area (TPSA) is 9.23 Å². The van der Waals surface area contributed by atoms with Crippen LogP contribution in [-0.4, -0.2) is 23.3 Å². The fraction of sp³-hybridized carbons (Fsp3) is 0.333. The minimum atomic E-state index is -1.66. The second-order valence-corrected chi connectivity index (χ2v) is 13.0. The van der Waals surface area contributed by atoms with Gasteiger partial charge in [-0.15, -0.1) is 0 Å². The van der Waals surface area contributed by atoms with E-state index in [4.69, 9.17) is 4.43 Å². The Kier molecular flexibility index (Phi) is 7.35. The number of hydrogen-bond donors (Lipinski definition) is 0. The standard InChI is InChI=1S/C21H28OSeSi/c1-5-13-19-20(22-24(6-2,7-3)8-4)16-12-17-21(19)23-18-14-10-9-11-15-18/h5,9-12,14-17H,1,6-8,13H2,2-4H3. The average Bonchev–Trinajstić information content (AvgIpc) is 2.63. The van der Waals surface area contributed by atoms with Crippen molar-refractivity contribution in [3.63, 3.8) is 0 Å². The molecule has 0 amide bonds. The normalized spacial score (nSPS) is 11.3. The molecule has 0 aliphatic carbocycles. The molecule has 0 saturated carbocycles. The van der Waals surface area contributed by atoms with Gasteiger partial charge in [-0.05, 0) is 0 Å². The van der Waals surface area contributed by atoms with Crippen LogP contribution in [0.25, 0.3) is 0 Å². The first kappa shape index (κ1) is 19.0. The summed E-state index contributed by atoms with van der Waals surface area (Å²) in [5, 5.41) is 0. The summed E-state index contributed by atoms with van der Waals surface area (Å²) in [7, 11) is -1.66. The maximum atomic E-state index is 6.71. The van der Waals surface area contributed by atoms with Crippen molar-refractivity contribution >= 4 is 32.2 Å². The Labute approximate surface area is 154 Å². The van der Waals surface area contributed by atoms with Crippen LogP contribution in [0.2, 0.25) is 18.1 Å². The van der Waals surface area contributed by atoms with Crippen molar-refractivity contribution in [3.05, 3.63) is 66.7 Å².